The van der Waals surface area contributed by atoms with E-state index in [0.29, 0.717) is 11.7 Å². The van der Waals surface area contributed by atoms with Crippen molar-refractivity contribution >= 4 is 27.8 Å². The molecule has 3 aliphatic carbocycles. The Hall–Kier alpha value is -1.03. The van der Waals surface area contributed by atoms with Crippen LogP contribution < -0.4 is 10.6 Å². The molecule has 114 valence electrons. The van der Waals surface area contributed by atoms with Crippen LogP contribution in [0.4, 0.5) is 10.7 Å². The maximum absolute atomic E-state index is 12.5. The van der Waals surface area contributed by atoms with Crippen LogP contribution in [0.5, 0.6) is 0 Å². The van der Waals surface area contributed by atoms with Crippen LogP contribution in [0.3, 0.4) is 0 Å². The molecule has 21 heavy (non-hydrogen) atoms. The summed E-state index contributed by atoms with van der Waals surface area (Å²) < 4.78 is 0. The van der Waals surface area contributed by atoms with E-state index < -0.39 is 0 Å². The SMILES string of the molecule is CN(CC1CCC1)c1sc(C(=O)C2CC2)c(N)c1C1CC1. The predicted octanol–water partition coefficient (Wildman–Crippen LogP) is 4.04. The molecule has 0 unspecified atom stereocenters. The number of ketones is 1. The van der Waals surface area contributed by atoms with Crippen LogP contribution in [-0.4, -0.2) is 19.4 Å². The molecule has 1 aromatic heterocycles. The Morgan fingerprint density at radius 2 is 1.95 bits per heavy atom. The van der Waals surface area contributed by atoms with E-state index in [1.807, 2.05) is 0 Å². The average molecular weight is 304 g/mol. The van der Waals surface area contributed by atoms with Crippen LogP contribution in [0.25, 0.3) is 0 Å². The molecule has 1 aromatic rings. The number of Topliss-reactive ketones (excluding diaryl/α,β-unsaturated/α-hetero) is 1. The molecular weight excluding hydrogens is 280 g/mol. The molecule has 0 bridgehead atoms. The van der Waals surface area contributed by atoms with Gasteiger partial charge in [-0.2, -0.15) is 0 Å². The summed E-state index contributed by atoms with van der Waals surface area (Å²) in [6.07, 6.45) is 8.69. The van der Waals surface area contributed by atoms with Crippen molar-refractivity contribution in [3.8, 4) is 0 Å². The summed E-state index contributed by atoms with van der Waals surface area (Å²) >= 11 is 1.67. The highest BCUT2D eigenvalue weighted by Crippen LogP contribution is 2.53. The van der Waals surface area contributed by atoms with E-state index in [4.69, 9.17) is 5.73 Å². The first-order valence-corrected chi connectivity index (χ1v) is 9.14. The van der Waals surface area contributed by atoms with Crippen molar-refractivity contribution in [1.29, 1.82) is 0 Å². The fourth-order valence-electron chi connectivity index (χ4n) is 3.35. The second-order valence-corrected chi connectivity index (χ2v) is 8.15. The molecule has 2 N–H and O–H groups in total. The average Bonchev–Trinajstić information content (AvgIpc) is 3.30. The van der Waals surface area contributed by atoms with Gasteiger partial charge >= 0.3 is 0 Å². The largest absolute Gasteiger partial charge is 0.397 e. The lowest BCUT2D eigenvalue weighted by molar-refractivity contribution is 0.0972. The third-order valence-corrected chi connectivity index (χ3v) is 6.58. The van der Waals surface area contributed by atoms with E-state index in [-0.39, 0.29) is 5.92 Å². The van der Waals surface area contributed by atoms with Crippen molar-refractivity contribution < 1.29 is 4.79 Å². The molecule has 0 radical (unpaired) electrons. The summed E-state index contributed by atoms with van der Waals surface area (Å²) in [5.41, 5.74) is 8.50. The van der Waals surface area contributed by atoms with Gasteiger partial charge < -0.3 is 10.6 Å². The maximum Gasteiger partial charge on any atom is 0.178 e. The zero-order valence-corrected chi connectivity index (χ0v) is 13.5. The number of rotatable bonds is 6. The molecule has 0 aliphatic heterocycles. The first kappa shape index (κ1) is 13.6. The van der Waals surface area contributed by atoms with Crippen molar-refractivity contribution in [2.45, 2.75) is 50.9 Å². The minimum atomic E-state index is 0.266. The van der Waals surface area contributed by atoms with Gasteiger partial charge in [0.1, 0.15) is 0 Å². The van der Waals surface area contributed by atoms with Crippen molar-refractivity contribution in [2.24, 2.45) is 11.8 Å². The minimum absolute atomic E-state index is 0.266. The zero-order chi connectivity index (χ0) is 14.6. The number of thiophene rings is 1. The van der Waals surface area contributed by atoms with Crippen LogP contribution in [-0.2, 0) is 0 Å². The topological polar surface area (TPSA) is 46.3 Å². The fourth-order valence-corrected chi connectivity index (χ4v) is 4.65. The molecule has 0 saturated heterocycles. The number of anilines is 2. The van der Waals surface area contributed by atoms with E-state index in [9.17, 15) is 4.79 Å². The van der Waals surface area contributed by atoms with Crippen molar-refractivity contribution in [3.63, 3.8) is 0 Å². The lowest BCUT2D eigenvalue weighted by atomic mass is 9.85. The summed E-state index contributed by atoms with van der Waals surface area (Å²) in [5.74, 6) is 2.03. The van der Waals surface area contributed by atoms with Gasteiger partial charge in [0, 0.05) is 25.1 Å². The van der Waals surface area contributed by atoms with Gasteiger partial charge in [-0.3, -0.25) is 4.79 Å². The number of carbonyl (C=O) groups is 1. The monoisotopic (exact) mass is 304 g/mol. The van der Waals surface area contributed by atoms with Crippen LogP contribution in [0.15, 0.2) is 0 Å². The standard InChI is InChI=1S/C17H24N2OS/c1-19(9-10-3-2-4-10)17-13(11-5-6-11)14(18)16(21-17)15(20)12-7-8-12/h10-12H,2-9,18H2,1H3. The minimum Gasteiger partial charge on any atom is -0.397 e. The Morgan fingerprint density at radius 3 is 2.48 bits per heavy atom. The van der Waals surface area contributed by atoms with Crippen molar-refractivity contribution in [2.75, 3.05) is 24.2 Å². The zero-order valence-electron chi connectivity index (χ0n) is 12.7. The van der Waals surface area contributed by atoms with Crippen LogP contribution in [0.2, 0.25) is 0 Å². The Balaban J connectivity index is 1.63. The van der Waals surface area contributed by atoms with Crippen LogP contribution in [0, 0.1) is 11.8 Å². The molecule has 0 amide bonds. The second-order valence-electron chi connectivity index (χ2n) is 7.15. The third kappa shape index (κ3) is 2.48. The van der Waals surface area contributed by atoms with E-state index in [1.165, 1.54) is 42.7 Å². The smallest absolute Gasteiger partial charge is 0.178 e. The third-order valence-electron chi connectivity index (χ3n) is 5.22. The van der Waals surface area contributed by atoms with Gasteiger partial charge in [0.05, 0.1) is 15.6 Å². The number of carbonyl (C=O) groups excluding carboxylic acids is 1. The molecule has 4 heteroatoms. The number of hydrogen-bond acceptors (Lipinski definition) is 4. The Morgan fingerprint density at radius 1 is 1.24 bits per heavy atom. The summed E-state index contributed by atoms with van der Waals surface area (Å²) in [4.78, 5) is 15.7. The van der Waals surface area contributed by atoms with E-state index in [1.54, 1.807) is 11.3 Å². The van der Waals surface area contributed by atoms with Gasteiger partial charge in [-0.1, -0.05) is 6.42 Å². The molecule has 0 spiro atoms. The first-order valence-electron chi connectivity index (χ1n) is 8.32. The molecule has 3 saturated carbocycles. The Kier molecular flexibility index (Phi) is 3.25. The van der Waals surface area contributed by atoms with Gasteiger partial charge in [0.25, 0.3) is 0 Å². The molecule has 0 atom stereocenters. The molecule has 4 rings (SSSR count). The summed E-state index contributed by atoms with van der Waals surface area (Å²) in [6.45, 7) is 1.12. The van der Waals surface area contributed by atoms with E-state index >= 15 is 0 Å². The summed E-state index contributed by atoms with van der Waals surface area (Å²) in [6, 6.07) is 0. The van der Waals surface area contributed by atoms with Gasteiger partial charge in [0.2, 0.25) is 0 Å². The van der Waals surface area contributed by atoms with Crippen LogP contribution in [0.1, 0.15) is 66.1 Å². The molecular formula is C17H24N2OS. The van der Waals surface area contributed by atoms with Gasteiger partial charge in [-0.15, -0.1) is 11.3 Å². The number of nitrogen functional groups attached to an aromatic ring is 1. The molecule has 3 nitrogen and oxygen atoms in total. The molecule has 0 aromatic carbocycles. The van der Waals surface area contributed by atoms with E-state index in [2.05, 4.69) is 11.9 Å². The van der Waals surface area contributed by atoms with E-state index in [0.717, 1.165) is 35.9 Å². The van der Waals surface area contributed by atoms with Gasteiger partial charge in [-0.25, -0.2) is 0 Å². The Labute approximate surface area is 130 Å². The first-order chi connectivity index (χ1) is 10.1. The Bertz CT molecular complexity index is 568. The maximum atomic E-state index is 12.5. The lowest BCUT2D eigenvalue weighted by Gasteiger charge is -2.31. The van der Waals surface area contributed by atoms with Gasteiger partial charge in [-0.05, 0) is 50.4 Å². The quantitative estimate of drug-likeness (QED) is 0.807. The van der Waals surface area contributed by atoms with Crippen molar-refractivity contribution in [3.05, 3.63) is 10.4 Å². The summed E-state index contributed by atoms with van der Waals surface area (Å²) in [7, 11) is 2.18. The lowest BCUT2D eigenvalue weighted by Crippen LogP contribution is -2.29. The highest BCUT2D eigenvalue weighted by Gasteiger charge is 2.38. The van der Waals surface area contributed by atoms with Crippen LogP contribution >= 0.6 is 11.3 Å². The highest BCUT2D eigenvalue weighted by atomic mass is 32.1. The highest BCUT2D eigenvalue weighted by molar-refractivity contribution is 7.19. The van der Waals surface area contributed by atoms with Crippen molar-refractivity contribution in [1.82, 2.24) is 0 Å². The number of nitrogens with zero attached hydrogens (tertiary/aromatic N) is 1. The molecule has 3 aliphatic rings. The fraction of sp³-hybridized carbons (Fsp3) is 0.706. The molecule has 3 fully saturated rings. The predicted molar refractivity (Wildman–Crippen MR) is 88.4 cm³/mol. The summed E-state index contributed by atoms with van der Waals surface area (Å²) in [5, 5.41) is 1.28. The molecule has 1 heterocycles. The van der Waals surface area contributed by atoms with Gasteiger partial charge in [0.15, 0.2) is 5.78 Å². The normalized spacial score (nSPS) is 22.1. The second kappa shape index (κ2) is 5.01. The number of hydrogen-bond donors (Lipinski definition) is 1. The number of nitrogens with two attached hydrogens (primary N) is 1.